The maximum Gasteiger partial charge on any atom is 0.231 e. The molecule has 20 heavy (non-hydrogen) atoms. The van der Waals surface area contributed by atoms with E-state index in [1.54, 1.807) is 0 Å². The maximum atomic E-state index is 5.60. The van der Waals surface area contributed by atoms with Gasteiger partial charge in [0.15, 0.2) is 11.5 Å². The van der Waals surface area contributed by atoms with Crippen molar-refractivity contribution in [1.29, 1.82) is 0 Å². The maximum absolute atomic E-state index is 5.60. The number of benzene rings is 2. The summed E-state index contributed by atoms with van der Waals surface area (Å²) in [5.74, 6) is 2.50. The molecule has 0 amide bonds. The fourth-order valence-electron chi connectivity index (χ4n) is 2.21. The summed E-state index contributed by atoms with van der Waals surface area (Å²) >= 11 is 0. The van der Waals surface area contributed by atoms with Gasteiger partial charge < -0.3 is 19.5 Å². The minimum absolute atomic E-state index is 0.294. The molecule has 4 nitrogen and oxygen atoms in total. The molecule has 3 rings (SSSR count). The van der Waals surface area contributed by atoms with Crippen molar-refractivity contribution in [3.8, 4) is 17.2 Å². The van der Waals surface area contributed by atoms with Gasteiger partial charge >= 0.3 is 0 Å². The van der Waals surface area contributed by atoms with E-state index in [9.17, 15) is 0 Å². The van der Waals surface area contributed by atoms with Crippen molar-refractivity contribution in [3.63, 3.8) is 0 Å². The van der Waals surface area contributed by atoms with Crippen molar-refractivity contribution in [1.82, 2.24) is 0 Å². The zero-order valence-corrected chi connectivity index (χ0v) is 11.4. The number of ether oxygens (including phenoxy) is 3. The molecule has 0 saturated heterocycles. The average Bonchev–Trinajstić information content (AvgIpc) is 2.96. The highest BCUT2D eigenvalue weighted by molar-refractivity contribution is 5.57. The first-order valence-electron chi connectivity index (χ1n) is 6.71. The van der Waals surface area contributed by atoms with E-state index in [1.165, 1.54) is 0 Å². The predicted octanol–water partition coefficient (Wildman–Crippen LogP) is 3.43. The van der Waals surface area contributed by atoms with Crippen molar-refractivity contribution in [2.75, 3.05) is 18.7 Å². The van der Waals surface area contributed by atoms with Crippen LogP contribution in [0.5, 0.6) is 17.2 Å². The molecule has 0 aromatic heterocycles. The Bertz CT molecular complexity index is 598. The number of hydrogen-bond donors (Lipinski definition) is 1. The SMILES string of the molecule is CCOc1ccccc1NCc1cccc2c1OCO2. The van der Waals surface area contributed by atoms with Gasteiger partial charge in [0.05, 0.1) is 12.3 Å². The first-order valence-corrected chi connectivity index (χ1v) is 6.71. The minimum Gasteiger partial charge on any atom is -0.492 e. The molecule has 0 unspecified atom stereocenters. The Balaban J connectivity index is 1.76. The third-order valence-electron chi connectivity index (χ3n) is 3.13. The molecule has 0 fully saturated rings. The summed E-state index contributed by atoms with van der Waals surface area (Å²) < 4.78 is 16.5. The first-order chi connectivity index (χ1) is 9.88. The molecular formula is C16H17NO3. The molecule has 0 aliphatic carbocycles. The van der Waals surface area contributed by atoms with Gasteiger partial charge in [-0.25, -0.2) is 0 Å². The monoisotopic (exact) mass is 271 g/mol. The quantitative estimate of drug-likeness (QED) is 0.904. The molecule has 1 N–H and O–H groups in total. The van der Waals surface area contributed by atoms with E-state index in [0.717, 1.165) is 28.5 Å². The Labute approximate surface area is 118 Å². The van der Waals surface area contributed by atoms with E-state index in [4.69, 9.17) is 14.2 Å². The summed E-state index contributed by atoms with van der Waals surface area (Å²) in [5, 5.41) is 3.38. The van der Waals surface area contributed by atoms with E-state index < -0.39 is 0 Å². The number of para-hydroxylation sites is 3. The predicted molar refractivity (Wildman–Crippen MR) is 77.5 cm³/mol. The average molecular weight is 271 g/mol. The largest absolute Gasteiger partial charge is 0.492 e. The summed E-state index contributed by atoms with van der Waals surface area (Å²) in [6.07, 6.45) is 0. The van der Waals surface area contributed by atoms with Crippen molar-refractivity contribution >= 4 is 5.69 Å². The lowest BCUT2D eigenvalue weighted by Crippen LogP contribution is -2.03. The number of anilines is 1. The molecule has 0 spiro atoms. The Kier molecular flexibility index (Phi) is 3.63. The van der Waals surface area contributed by atoms with Crippen LogP contribution in [0.4, 0.5) is 5.69 Å². The van der Waals surface area contributed by atoms with Gasteiger partial charge in [0.1, 0.15) is 5.75 Å². The number of nitrogens with one attached hydrogen (secondary N) is 1. The van der Waals surface area contributed by atoms with E-state index >= 15 is 0 Å². The lowest BCUT2D eigenvalue weighted by molar-refractivity contribution is 0.173. The van der Waals surface area contributed by atoms with Gasteiger partial charge in [-0.05, 0) is 25.1 Å². The summed E-state index contributed by atoms with van der Waals surface area (Å²) in [6.45, 7) is 3.58. The number of hydrogen-bond acceptors (Lipinski definition) is 4. The topological polar surface area (TPSA) is 39.7 Å². The number of rotatable bonds is 5. The lowest BCUT2D eigenvalue weighted by atomic mass is 10.2. The summed E-state index contributed by atoms with van der Waals surface area (Å²) in [4.78, 5) is 0. The van der Waals surface area contributed by atoms with E-state index in [-0.39, 0.29) is 0 Å². The molecule has 2 aromatic rings. The fraction of sp³-hybridized carbons (Fsp3) is 0.250. The second-order valence-electron chi connectivity index (χ2n) is 4.43. The van der Waals surface area contributed by atoms with Crippen LogP contribution < -0.4 is 19.5 Å². The van der Waals surface area contributed by atoms with Gasteiger partial charge in [-0.3, -0.25) is 0 Å². The molecule has 0 saturated carbocycles. The Morgan fingerprint density at radius 3 is 2.90 bits per heavy atom. The van der Waals surface area contributed by atoms with Gasteiger partial charge in [-0.1, -0.05) is 24.3 Å². The molecule has 2 aromatic carbocycles. The molecule has 0 radical (unpaired) electrons. The second kappa shape index (κ2) is 5.74. The minimum atomic E-state index is 0.294. The van der Waals surface area contributed by atoms with Crippen molar-refractivity contribution in [2.45, 2.75) is 13.5 Å². The normalized spacial score (nSPS) is 12.2. The van der Waals surface area contributed by atoms with Gasteiger partial charge in [0.2, 0.25) is 6.79 Å². The lowest BCUT2D eigenvalue weighted by Gasteiger charge is -2.13. The van der Waals surface area contributed by atoms with Crippen LogP contribution in [0.2, 0.25) is 0 Å². The Hall–Kier alpha value is -2.36. The summed E-state index contributed by atoms with van der Waals surface area (Å²) in [7, 11) is 0. The van der Waals surface area contributed by atoms with Crippen LogP contribution in [0, 0.1) is 0 Å². The molecule has 4 heteroatoms. The third-order valence-corrected chi connectivity index (χ3v) is 3.13. The molecular weight excluding hydrogens is 254 g/mol. The van der Waals surface area contributed by atoms with Crippen LogP contribution in [0.25, 0.3) is 0 Å². The Morgan fingerprint density at radius 1 is 1.10 bits per heavy atom. The molecule has 104 valence electrons. The third kappa shape index (κ3) is 2.50. The van der Waals surface area contributed by atoms with Gasteiger partial charge in [-0.2, -0.15) is 0 Å². The van der Waals surface area contributed by atoms with Gasteiger partial charge in [0, 0.05) is 12.1 Å². The van der Waals surface area contributed by atoms with Gasteiger partial charge in [0.25, 0.3) is 0 Å². The van der Waals surface area contributed by atoms with Crippen LogP contribution in [-0.4, -0.2) is 13.4 Å². The van der Waals surface area contributed by atoms with E-state index in [0.29, 0.717) is 19.9 Å². The van der Waals surface area contributed by atoms with Crippen LogP contribution in [-0.2, 0) is 6.54 Å². The first kappa shape index (κ1) is 12.7. The zero-order chi connectivity index (χ0) is 13.8. The summed E-state index contributed by atoms with van der Waals surface area (Å²) in [5.41, 5.74) is 2.05. The molecule has 1 heterocycles. The highest BCUT2D eigenvalue weighted by Gasteiger charge is 2.17. The van der Waals surface area contributed by atoms with E-state index in [2.05, 4.69) is 5.32 Å². The van der Waals surface area contributed by atoms with Gasteiger partial charge in [-0.15, -0.1) is 0 Å². The van der Waals surface area contributed by atoms with Crippen molar-refractivity contribution in [3.05, 3.63) is 48.0 Å². The van der Waals surface area contributed by atoms with Crippen LogP contribution in [0.15, 0.2) is 42.5 Å². The smallest absolute Gasteiger partial charge is 0.231 e. The zero-order valence-electron chi connectivity index (χ0n) is 11.4. The molecule has 1 aliphatic heterocycles. The van der Waals surface area contributed by atoms with Crippen LogP contribution in [0.3, 0.4) is 0 Å². The fourth-order valence-corrected chi connectivity index (χ4v) is 2.21. The Morgan fingerprint density at radius 2 is 2.00 bits per heavy atom. The molecule has 0 atom stereocenters. The van der Waals surface area contributed by atoms with Crippen LogP contribution >= 0.6 is 0 Å². The van der Waals surface area contributed by atoms with Crippen molar-refractivity contribution in [2.24, 2.45) is 0 Å². The highest BCUT2D eigenvalue weighted by atomic mass is 16.7. The van der Waals surface area contributed by atoms with Crippen molar-refractivity contribution < 1.29 is 14.2 Å². The second-order valence-corrected chi connectivity index (χ2v) is 4.43. The van der Waals surface area contributed by atoms with Crippen LogP contribution in [0.1, 0.15) is 12.5 Å². The summed E-state index contributed by atoms with van der Waals surface area (Å²) in [6, 6.07) is 13.8. The number of fused-ring (bicyclic) bond motifs is 1. The molecule has 0 bridgehead atoms. The highest BCUT2D eigenvalue weighted by Crippen LogP contribution is 2.36. The van der Waals surface area contributed by atoms with E-state index in [1.807, 2.05) is 49.4 Å². The molecule has 1 aliphatic rings. The standard InChI is InChI=1S/C16H17NO3/c1-2-18-14-8-4-3-7-13(14)17-10-12-6-5-9-15-16(12)20-11-19-15/h3-9,17H,2,10-11H2,1H3.